The van der Waals surface area contributed by atoms with Crippen molar-refractivity contribution in [3.63, 3.8) is 0 Å². The average Bonchev–Trinajstić information content (AvgIpc) is 2.45. The summed E-state index contributed by atoms with van der Waals surface area (Å²) in [6, 6.07) is 9.87. The molecule has 0 saturated carbocycles. The third-order valence-electron chi connectivity index (χ3n) is 3.06. The van der Waals surface area contributed by atoms with Gasteiger partial charge >= 0.3 is 0 Å². The molecule has 0 saturated heterocycles. The first-order valence-corrected chi connectivity index (χ1v) is 7.58. The van der Waals surface area contributed by atoms with Gasteiger partial charge in [0.1, 0.15) is 4.99 Å². The summed E-state index contributed by atoms with van der Waals surface area (Å²) in [6.07, 6.45) is 2.77. The monoisotopic (exact) mass is 349 g/mol. The summed E-state index contributed by atoms with van der Waals surface area (Å²) in [5, 5.41) is 3.37. The molecule has 20 heavy (non-hydrogen) atoms. The Morgan fingerprint density at radius 1 is 1.40 bits per heavy atom. The number of pyridine rings is 1. The van der Waals surface area contributed by atoms with Gasteiger partial charge in [-0.1, -0.05) is 41.1 Å². The topological polar surface area (TPSA) is 50.9 Å². The van der Waals surface area contributed by atoms with Crippen molar-refractivity contribution in [3.8, 4) is 0 Å². The highest BCUT2D eigenvalue weighted by Gasteiger charge is 2.07. The highest BCUT2D eigenvalue weighted by molar-refractivity contribution is 9.10. The van der Waals surface area contributed by atoms with E-state index in [1.165, 1.54) is 5.56 Å². The van der Waals surface area contributed by atoms with Gasteiger partial charge in [-0.2, -0.15) is 0 Å². The van der Waals surface area contributed by atoms with Crippen molar-refractivity contribution in [2.75, 3.05) is 5.32 Å². The molecule has 1 aromatic heterocycles. The Morgan fingerprint density at radius 3 is 2.90 bits per heavy atom. The lowest BCUT2D eigenvalue weighted by molar-refractivity contribution is 0.971. The second-order valence-corrected chi connectivity index (χ2v) is 5.73. The highest BCUT2D eigenvalue weighted by atomic mass is 79.9. The summed E-state index contributed by atoms with van der Waals surface area (Å²) in [5.41, 5.74) is 9.80. The van der Waals surface area contributed by atoms with Crippen molar-refractivity contribution >= 4 is 38.8 Å². The van der Waals surface area contributed by atoms with Crippen LogP contribution >= 0.6 is 28.1 Å². The van der Waals surface area contributed by atoms with Crippen LogP contribution < -0.4 is 11.1 Å². The van der Waals surface area contributed by atoms with E-state index in [1.54, 1.807) is 0 Å². The number of nitrogens with two attached hydrogens (primary N) is 1. The number of aryl methyl sites for hydroxylation is 1. The summed E-state index contributed by atoms with van der Waals surface area (Å²) in [6.45, 7) is 2.77. The summed E-state index contributed by atoms with van der Waals surface area (Å²) in [5.74, 6) is 0. The predicted molar refractivity (Wildman–Crippen MR) is 91.0 cm³/mol. The van der Waals surface area contributed by atoms with Gasteiger partial charge in [0.15, 0.2) is 0 Å². The molecule has 2 rings (SSSR count). The zero-order valence-corrected chi connectivity index (χ0v) is 13.6. The minimum Gasteiger partial charge on any atom is -0.389 e. The average molecular weight is 350 g/mol. The zero-order chi connectivity index (χ0) is 14.5. The Bertz CT molecular complexity index is 628. The van der Waals surface area contributed by atoms with Gasteiger partial charge in [-0.25, -0.2) is 0 Å². The van der Waals surface area contributed by atoms with Crippen LogP contribution in [-0.2, 0) is 13.0 Å². The molecule has 0 bridgehead atoms. The van der Waals surface area contributed by atoms with Crippen LogP contribution in [0.15, 0.2) is 41.0 Å². The maximum absolute atomic E-state index is 5.75. The van der Waals surface area contributed by atoms with E-state index >= 15 is 0 Å². The van der Waals surface area contributed by atoms with E-state index in [0.717, 1.165) is 27.8 Å². The molecule has 3 nitrogen and oxygen atoms in total. The predicted octanol–water partition coefficient (Wildman–Crippen LogP) is 3.65. The normalized spacial score (nSPS) is 10.3. The van der Waals surface area contributed by atoms with Crippen molar-refractivity contribution in [1.29, 1.82) is 0 Å². The molecule has 104 valence electrons. The van der Waals surface area contributed by atoms with Crippen LogP contribution in [0.1, 0.15) is 23.7 Å². The van der Waals surface area contributed by atoms with Crippen LogP contribution in [0.5, 0.6) is 0 Å². The Kier molecular flexibility index (Phi) is 5.09. The third-order valence-corrected chi connectivity index (χ3v) is 3.77. The summed E-state index contributed by atoms with van der Waals surface area (Å²) < 4.78 is 0.983. The van der Waals surface area contributed by atoms with Gasteiger partial charge in [-0.05, 0) is 36.2 Å². The Hall–Kier alpha value is -1.46. The molecule has 0 atom stereocenters. The van der Waals surface area contributed by atoms with E-state index in [-0.39, 0.29) is 0 Å². The van der Waals surface area contributed by atoms with Crippen LogP contribution in [0.2, 0.25) is 0 Å². The molecule has 2 aromatic rings. The Balaban J connectivity index is 2.22. The molecule has 0 aliphatic heterocycles. The molecule has 5 heteroatoms. The van der Waals surface area contributed by atoms with Crippen LogP contribution in [0.25, 0.3) is 0 Å². The number of aromatic nitrogens is 1. The number of hydrogen-bond donors (Lipinski definition) is 2. The number of anilines is 1. The van der Waals surface area contributed by atoms with Crippen LogP contribution in [-0.4, -0.2) is 9.97 Å². The van der Waals surface area contributed by atoms with Gasteiger partial charge in [0, 0.05) is 21.9 Å². The third kappa shape index (κ3) is 3.55. The molecular weight excluding hydrogens is 334 g/mol. The quantitative estimate of drug-likeness (QED) is 0.809. The van der Waals surface area contributed by atoms with E-state index in [4.69, 9.17) is 18.0 Å². The minimum absolute atomic E-state index is 0.386. The highest BCUT2D eigenvalue weighted by Crippen LogP contribution is 2.22. The minimum atomic E-state index is 0.386. The maximum atomic E-state index is 5.75. The van der Waals surface area contributed by atoms with Crippen molar-refractivity contribution in [2.45, 2.75) is 19.9 Å². The van der Waals surface area contributed by atoms with Gasteiger partial charge in [-0.15, -0.1) is 0 Å². The SMILES string of the molecule is CCc1cccnc1CNc1cc(Br)ccc1C(N)=S. The van der Waals surface area contributed by atoms with Gasteiger partial charge in [-0.3, -0.25) is 4.98 Å². The van der Waals surface area contributed by atoms with Gasteiger partial charge < -0.3 is 11.1 Å². The molecule has 0 unspecified atom stereocenters. The van der Waals surface area contributed by atoms with Gasteiger partial charge in [0.05, 0.1) is 12.2 Å². The Labute approximate surface area is 132 Å². The molecule has 1 heterocycles. The van der Waals surface area contributed by atoms with E-state index in [0.29, 0.717) is 11.5 Å². The number of hydrogen-bond acceptors (Lipinski definition) is 3. The molecule has 1 aromatic carbocycles. The lowest BCUT2D eigenvalue weighted by Gasteiger charge is -2.13. The fourth-order valence-electron chi connectivity index (χ4n) is 2.01. The smallest absolute Gasteiger partial charge is 0.106 e. The number of benzene rings is 1. The number of thiocarbonyl (C=S) groups is 1. The first-order chi connectivity index (χ1) is 9.61. The summed E-state index contributed by atoms with van der Waals surface area (Å²) in [7, 11) is 0. The lowest BCUT2D eigenvalue weighted by Crippen LogP contribution is -2.14. The number of rotatable bonds is 5. The molecule has 0 aliphatic carbocycles. The molecule has 3 N–H and O–H groups in total. The number of nitrogens with zero attached hydrogens (tertiary/aromatic N) is 1. The van der Waals surface area contributed by atoms with E-state index in [9.17, 15) is 0 Å². The molecule has 0 fully saturated rings. The Morgan fingerprint density at radius 2 is 2.20 bits per heavy atom. The second kappa shape index (κ2) is 6.81. The van der Waals surface area contributed by atoms with Crippen LogP contribution in [0.3, 0.4) is 0 Å². The van der Waals surface area contributed by atoms with Crippen LogP contribution in [0, 0.1) is 0 Å². The molecule has 0 aliphatic rings. The second-order valence-electron chi connectivity index (χ2n) is 4.37. The summed E-state index contributed by atoms with van der Waals surface area (Å²) >= 11 is 8.54. The molecule has 0 spiro atoms. The fourth-order valence-corrected chi connectivity index (χ4v) is 2.55. The molecule has 0 amide bonds. The fraction of sp³-hybridized carbons (Fsp3) is 0.200. The van der Waals surface area contributed by atoms with Crippen molar-refractivity contribution in [2.24, 2.45) is 5.73 Å². The lowest BCUT2D eigenvalue weighted by atomic mass is 10.1. The molecular formula is C15H16BrN3S. The van der Waals surface area contributed by atoms with E-state index in [1.807, 2.05) is 30.5 Å². The van der Waals surface area contributed by atoms with Gasteiger partial charge in [0.25, 0.3) is 0 Å². The number of halogens is 1. The van der Waals surface area contributed by atoms with E-state index in [2.05, 4.69) is 39.2 Å². The standard InChI is InChI=1S/C15H16BrN3S/c1-2-10-4-3-7-18-14(10)9-19-13-8-11(16)5-6-12(13)15(17)20/h3-8,19H,2,9H2,1H3,(H2,17,20). The maximum Gasteiger partial charge on any atom is 0.106 e. The first kappa shape index (κ1) is 14.9. The van der Waals surface area contributed by atoms with Crippen molar-refractivity contribution < 1.29 is 0 Å². The van der Waals surface area contributed by atoms with Crippen LogP contribution in [0.4, 0.5) is 5.69 Å². The largest absolute Gasteiger partial charge is 0.389 e. The van der Waals surface area contributed by atoms with Crippen molar-refractivity contribution in [1.82, 2.24) is 4.98 Å². The van der Waals surface area contributed by atoms with Crippen molar-refractivity contribution in [3.05, 3.63) is 57.8 Å². The summed E-state index contributed by atoms with van der Waals surface area (Å²) in [4.78, 5) is 4.81. The first-order valence-electron chi connectivity index (χ1n) is 6.37. The van der Waals surface area contributed by atoms with E-state index < -0.39 is 0 Å². The number of nitrogens with one attached hydrogen (secondary N) is 1. The zero-order valence-electron chi connectivity index (χ0n) is 11.2. The molecule has 0 radical (unpaired) electrons. The van der Waals surface area contributed by atoms with Gasteiger partial charge in [0.2, 0.25) is 0 Å².